The molecule has 0 atom stereocenters. The maximum atomic E-state index is 12.0. The van der Waals surface area contributed by atoms with E-state index in [4.69, 9.17) is 0 Å². The van der Waals surface area contributed by atoms with Gasteiger partial charge in [-0.3, -0.25) is 9.69 Å². The lowest BCUT2D eigenvalue weighted by molar-refractivity contribution is -0.158. The van der Waals surface area contributed by atoms with E-state index in [-0.39, 0.29) is 6.54 Å². The molecule has 0 bridgehead atoms. The number of hydrogen-bond donors (Lipinski definition) is 0. The minimum atomic E-state index is -4.33. The molecule has 0 fully saturated rings. The summed E-state index contributed by atoms with van der Waals surface area (Å²) < 4.78 is 36.0. The number of alkyl halides is 3. The highest BCUT2D eigenvalue weighted by molar-refractivity contribution is 5.77. The minimum Gasteiger partial charge on any atom is -0.336 e. The van der Waals surface area contributed by atoms with Crippen LogP contribution in [0, 0.1) is 0 Å². The summed E-state index contributed by atoms with van der Waals surface area (Å²) in [7, 11) is 2.90. The molecule has 0 heterocycles. The maximum Gasteiger partial charge on any atom is 0.406 e. The Kier molecular flexibility index (Phi) is 6.40. The van der Waals surface area contributed by atoms with Gasteiger partial charge in [-0.25, -0.2) is 0 Å². The van der Waals surface area contributed by atoms with E-state index in [9.17, 15) is 18.0 Å². The Labute approximate surface area is 94.2 Å². The predicted octanol–water partition coefficient (Wildman–Crippen LogP) is 1.74. The van der Waals surface area contributed by atoms with Gasteiger partial charge in [-0.05, 0) is 20.0 Å². The Morgan fingerprint density at radius 1 is 1.25 bits per heavy atom. The van der Waals surface area contributed by atoms with Crippen LogP contribution in [0.25, 0.3) is 0 Å². The molecule has 0 aliphatic rings. The summed E-state index contributed by atoms with van der Waals surface area (Å²) in [6, 6.07) is 0. The van der Waals surface area contributed by atoms with Crippen molar-refractivity contribution in [3.05, 3.63) is 0 Å². The number of hydrogen-bond acceptors (Lipinski definition) is 2. The fourth-order valence-electron chi connectivity index (χ4n) is 1.22. The molecule has 0 N–H and O–H groups in total. The monoisotopic (exact) mass is 240 g/mol. The van der Waals surface area contributed by atoms with Crippen LogP contribution in [0.2, 0.25) is 0 Å². The lowest BCUT2D eigenvalue weighted by Crippen LogP contribution is -2.41. The van der Waals surface area contributed by atoms with Crippen LogP contribution in [0.15, 0.2) is 0 Å². The molecule has 6 heteroatoms. The van der Waals surface area contributed by atoms with Gasteiger partial charge >= 0.3 is 6.18 Å². The van der Waals surface area contributed by atoms with E-state index in [1.54, 1.807) is 11.9 Å². The number of carbonyl (C=O) groups is 1. The molecule has 0 saturated heterocycles. The van der Waals surface area contributed by atoms with Gasteiger partial charge in [-0.15, -0.1) is 0 Å². The smallest absolute Gasteiger partial charge is 0.336 e. The van der Waals surface area contributed by atoms with Crippen molar-refractivity contribution >= 4 is 5.91 Å². The van der Waals surface area contributed by atoms with Crippen molar-refractivity contribution in [3.8, 4) is 0 Å². The third-order valence-electron chi connectivity index (χ3n) is 2.14. The van der Waals surface area contributed by atoms with Crippen LogP contribution in [0.1, 0.15) is 19.8 Å². The quantitative estimate of drug-likeness (QED) is 0.706. The van der Waals surface area contributed by atoms with Crippen LogP contribution in [0.3, 0.4) is 0 Å². The molecule has 0 spiro atoms. The van der Waals surface area contributed by atoms with Crippen molar-refractivity contribution in [2.45, 2.75) is 25.9 Å². The van der Waals surface area contributed by atoms with Gasteiger partial charge in [-0.2, -0.15) is 13.2 Å². The largest absolute Gasteiger partial charge is 0.406 e. The van der Waals surface area contributed by atoms with Crippen molar-refractivity contribution in [1.29, 1.82) is 0 Å². The summed E-state index contributed by atoms with van der Waals surface area (Å²) in [6.45, 7) is 1.59. The van der Waals surface area contributed by atoms with E-state index in [0.29, 0.717) is 4.90 Å². The number of rotatable bonds is 6. The fourth-order valence-corrected chi connectivity index (χ4v) is 1.22. The van der Waals surface area contributed by atoms with Gasteiger partial charge in [0.05, 0.1) is 6.54 Å². The third-order valence-corrected chi connectivity index (χ3v) is 2.14. The second-order valence-corrected chi connectivity index (χ2v) is 3.96. The summed E-state index contributed by atoms with van der Waals surface area (Å²) in [5.41, 5.74) is 0. The molecule has 0 aromatic heterocycles. The zero-order valence-electron chi connectivity index (χ0n) is 9.97. The predicted molar refractivity (Wildman–Crippen MR) is 56.1 cm³/mol. The number of nitrogens with zero attached hydrogens (tertiary/aromatic N) is 2. The van der Waals surface area contributed by atoms with Crippen LogP contribution >= 0.6 is 0 Å². The summed E-state index contributed by atoms with van der Waals surface area (Å²) in [5.74, 6) is -0.504. The van der Waals surface area contributed by atoms with E-state index in [1.807, 2.05) is 6.92 Å². The number of likely N-dealkylation sites (N-methyl/N-ethyl adjacent to an activating group) is 2. The van der Waals surface area contributed by atoms with Crippen molar-refractivity contribution < 1.29 is 18.0 Å². The topological polar surface area (TPSA) is 23.6 Å². The highest BCUT2D eigenvalue weighted by Crippen LogP contribution is 2.15. The van der Waals surface area contributed by atoms with Gasteiger partial charge in [0.25, 0.3) is 0 Å². The van der Waals surface area contributed by atoms with Crippen molar-refractivity contribution in [3.63, 3.8) is 0 Å². The lowest BCUT2D eigenvalue weighted by Gasteiger charge is -2.22. The normalized spacial score (nSPS) is 11.9. The zero-order chi connectivity index (χ0) is 12.8. The maximum absolute atomic E-state index is 12.0. The highest BCUT2D eigenvalue weighted by Gasteiger charge is 2.31. The van der Waals surface area contributed by atoms with E-state index < -0.39 is 18.6 Å². The van der Waals surface area contributed by atoms with Crippen LogP contribution in [-0.4, -0.2) is 55.6 Å². The average molecular weight is 240 g/mol. The van der Waals surface area contributed by atoms with E-state index >= 15 is 0 Å². The first-order chi connectivity index (χ1) is 7.26. The standard InChI is InChI=1S/C10H19F3N2O/c1-4-5-6-14(2)7-9(16)15(3)8-10(11,12)13/h4-8H2,1-3H3. The van der Waals surface area contributed by atoms with Crippen LogP contribution in [-0.2, 0) is 4.79 Å². The number of unbranched alkanes of at least 4 members (excludes halogenated alkanes) is 1. The first kappa shape index (κ1) is 15.2. The molecule has 0 saturated carbocycles. The first-order valence-electron chi connectivity index (χ1n) is 5.25. The first-order valence-corrected chi connectivity index (χ1v) is 5.25. The van der Waals surface area contributed by atoms with Gasteiger partial charge in [0.15, 0.2) is 0 Å². The lowest BCUT2D eigenvalue weighted by atomic mass is 10.3. The molecule has 16 heavy (non-hydrogen) atoms. The van der Waals surface area contributed by atoms with Gasteiger partial charge in [-0.1, -0.05) is 13.3 Å². The van der Waals surface area contributed by atoms with Crippen LogP contribution < -0.4 is 0 Å². The van der Waals surface area contributed by atoms with E-state index in [1.165, 1.54) is 7.05 Å². The van der Waals surface area contributed by atoms with E-state index in [2.05, 4.69) is 0 Å². The molecule has 0 unspecified atom stereocenters. The molecule has 0 radical (unpaired) electrons. The Morgan fingerprint density at radius 2 is 1.81 bits per heavy atom. The third kappa shape index (κ3) is 7.50. The second kappa shape index (κ2) is 6.73. The van der Waals surface area contributed by atoms with Crippen LogP contribution in [0.5, 0.6) is 0 Å². The van der Waals surface area contributed by atoms with E-state index in [0.717, 1.165) is 19.4 Å². The highest BCUT2D eigenvalue weighted by atomic mass is 19.4. The summed E-state index contributed by atoms with van der Waals surface area (Å²) in [6.07, 6.45) is -2.39. The molecule has 0 aliphatic carbocycles. The van der Waals surface area contributed by atoms with Gasteiger partial charge in [0.1, 0.15) is 6.54 Å². The fraction of sp³-hybridized carbons (Fsp3) is 0.900. The Bertz CT molecular complexity index is 219. The molecule has 0 rings (SSSR count). The Hall–Kier alpha value is -0.780. The molecule has 3 nitrogen and oxygen atoms in total. The summed E-state index contributed by atoms with van der Waals surface area (Å²) in [4.78, 5) is 13.8. The van der Waals surface area contributed by atoms with Gasteiger partial charge < -0.3 is 4.90 Å². The van der Waals surface area contributed by atoms with Crippen molar-refractivity contribution in [2.24, 2.45) is 0 Å². The van der Waals surface area contributed by atoms with Crippen molar-refractivity contribution in [2.75, 3.05) is 33.7 Å². The molecular weight excluding hydrogens is 221 g/mol. The van der Waals surface area contributed by atoms with Crippen molar-refractivity contribution in [1.82, 2.24) is 9.80 Å². The minimum absolute atomic E-state index is 0.0343. The molecule has 1 amide bonds. The number of carbonyl (C=O) groups excluding carboxylic acids is 1. The zero-order valence-corrected chi connectivity index (χ0v) is 9.97. The summed E-state index contributed by atoms with van der Waals surface area (Å²) >= 11 is 0. The molecule has 0 aliphatic heterocycles. The second-order valence-electron chi connectivity index (χ2n) is 3.96. The van der Waals surface area contributed by atoms with Crippen LogP contribution in [0.4, 0.5) is 13.2 Å². The Morgan fingerprint density at radius 3 is 2.25 bits per heavy atom. The molecule has 0 aromatic carbocycles. The Balaban J connectivity index is 3.95. The molecule has 0 aromatic rings. The number of halogens is 3. The average Bonchev–Trinajstić information content (AvgIpc) is 2.11. The summed E-state index contributed by atoms with van der Waals surface area (Å²) in [5, 5.41) is 0. The van der Waals surface area contributed by atoms with Gasteiger partial charge in [0.2, 0.25) is 5.91 Å². The van der Waals surface area contributed by atoms with Gasteiger partial charge in [0, 0.05) is 7.05 Å². The molecule has 96 valence electrons. The molecular formula is C10H19F3N2O. The number of amides is 1. The SMILES string of the molecule is CCCCN(C)CC(=O)N(C)CC(F)(F)F.